The van der Waals surface area contributed by atoms with Crippen LogP contribution in [0.3, 0.4) is 0 Å². The minimum atomic E-state index is -5.32. The molecule has 0 bridgehead atoms. The molecule has 0 aromatic heterocycles. The second kappa shape index (κ2) is 6.67. The molecule has 0 aromatic rings. The van der Waals surface area contributed by atoms with E-state index in [-0.39, 0.29) is 6.61 Å². The molecule has 8 nitrogen and oxygen atoms in total. The molecule has 3 unspecified atom stereocenters. The van der Waals surface area contributed by atoms with E-state index in [2.05, 4.69) is 9.47 Å². The summed E-state index contributed by atoms with van der Waals surface area (Å²) in [4.78, 5) is 41.7. The van der Waals surface area contributed by atoms with Gasteiger partial charge in [0.1, 0.15) is 5.92 Å². The Hall–Kier alpha value is -0.660. The third kappa shape index (κ3) is 3.46. The highest BCUT2D eigenvalue weighted by Crippen LogP contribution is 2.57. The fourth-order valence-corrected chi connectivity index (χ4v) is 3.28. The van der Waals surface area contributed by atoms with Gasteiger partial charge in [0.05, 0.1) is 6.61 Å². The second-order valence-corrected chi connectivity index (χ2v) is 6.10. The number of carboxylic acids is 1. The molecule has 10 heteroatoms. The van der Waals surface area contributed by atoms with Crippen molar-refractivity contribution in [2.45, 2.75) is 24.6 Å². The largest absolute Gasteiger partial charge is 0.481 e. The standard InChI is InChI=1S/C9H16ClO8P/c1-4-18-8(13)9(17-3,19(14,15)16)6(5(2)10)7(11)12/h5-6H,4H2,1-3H3,(H,11,12)(H2,14,15,16). The Balaban J connectivity index is 6.07. The molecule has 0 fully saturated rings. The van der Waals surface area contributed by atoms with Gasteiger partial charge in [-0.2, -0.15) is 0 Å². The molecule has 0 saturated heterocycles. The fraction of sp³-hybridized carbons (Fsp3) is 0.778. The van der Waals surface area contributed by atoms with Gasteiger partial charge in [-0.05, 0) is 13.8 Å². The molecule has 0 amide bonds. The summed E-state index contributed by atoms with van der Waals surface area (Å²) < 4.78 is 20.7. The molecule has 0 saturated carbocycles. The fourth-order valence-electron chi connectivity index (χ4n) is 1.67. The Morgan fingerprint density at radius 1 is 1.42 bits per heavy atom. The van der Waals surface area contributed by atoms with Crippen molar-refractivity contribution >= 4 is 31.1 Å². The van der Waals surface area contributed by atoms with Gasteiger partial charge in [0, 0.05) is 12.5 Å². The number of carbonyl (C=O) groups excluding carboxylic acids is 1. The zero-order chi connectivity index (χ0) is 15.4. The Morgan fingerprint density at radius 2 is 1.89 bits per heavy atom. The summed E-state index contributed by atoms with van der Waals surface area (Å²) >= 11 is 5.64. The molecule has 3 atom stereocenters. The van der Waals surface area contributed by atoms with Crippen LogP contribution in [0.15, 0.2) is 0 Å². The van der Waals surface area contributed by atoms with Crippen LogP contribution in [-0.4, -0.2) is 51.3 Å². The molecule has 0 aliphatic carbocycles. The van der Waals surface area contributed by atoms with Gasteiger partial charge < -0.3 is 24.4 Å². The summed E-state index contributed by atoms with van der Waals surface area (Å²) in [7, 11) is -4.51. The monoisotopic (exact) mass is 318 g/mol. The normalized spacial score (nSPS) is 18.2. The smallest absolute Gasteiger partial charge is 0.369 e. The van der Waals surface area contributed by atoms with Gasteiger partial charge in [0.25, 0.3) is 5.34 Å². The average Bonchev–Trinajstić information content (AvgIpc) is 2.22. The lowest BCUT2D eigenvalue weighted by atomic mass is 9.98. The van der Waals surface area contributed by atoms with Crippen LogP contribution in [-0.2, 0) is 23.6 Å². The summed E-state index contributed by atoms with van der Waals surface area (Å²) in [5.74, 6) is -5.12. The van der Waals surface area contributed by atoms with E-state index in [9.17, 15) is 23.9 Å². The maximum Gasteiger partial charge on any atom is 0.369 e. The van der Waals surface area contributed by atoms with E-state index in [1.165, 1.54) is 13.8 Å². The van der Waals surface area contributed by atoms with Crippen LogP contribution in [0.1, 0.15) is 13.8 Å². The van der Waals surface area contributed by atoms with E-state index in [1.807, 2.05) is 0 Å². The number of alkyl halides is 1. The van der Waals surface area contributed by atoms with Crippen LogP contribution in [0, 0.1) is 5.92 Å². The molecule has 112 valence electrons. The molecule has 0 radical (unpaired) electrons. The van der Waals surface area contributed by atoms with Gasteiger partial charge in [-0.1, -0.05) is 0 Å². The van der Waals surface area contributed by atoms with Crippen molar-refractivity contribution < 1.29 is 38.5 Å². The predicted molar refractivity (Wildman–Crippen MR) is 64.9 cm³/mol. The first-order valence-corrected chi connectivity index (χ1v) is 7.26. The minimum absolute atomic E-state index is 0.201. The van der Waals surface area contributed by atoms with Gasteiger partial charge in [-0.3, -0.25) is 9.36 Å². The van der Waals surface area contributed by atoms with Gasteiger partial charge in [-0.25, -0.2) is 4.79 Å². The Morgan fingerprint density at radius 3 is 2.11 bits per heavy atom. The maximum absolute atomic E-state index is 11.8. The van der Waals surface area contributed by atoms with Crippen molar-refractivity contribution in [2.75, 3.05) is 13.7 Å². The molecule has 0 aliphatic rings. The van der Waals surface area contributed by atoms with Crippen LogP contribution in [0.2, 0.25) is 0 Å². The van der Waals surface area contributed by atoms with Crippen molar-refractivity contribution in [1.29, 1.82) is 0 Å². The van der Waals surface area contributed by atoms with Gasteiger partial charge >= 0.3 is 19.5 Å². The van der Waals surface area contributed by atoms with Crippen molar-refractivity contribution in [1.82, 2.24) is 0 Å². The number of methoxy groups -OCH3 is 1. The highest BCUT2D eigenvalue weighted by Gasteiger charge is 2.65. The first-order chi connectivity index (χ1) is 8.56. The minimum Gasteiger partial charge on any atom is -0.481 e. The Labute approximate surface area is 114 Å². The summed E-state index contributed by atoms with van der Waals surface area (Å²) in [5.41, 5.74) is 0. The van der Waals surface area contributed by atoms with Crippen molar-refractivity contribution in [3.05, 3.63) is 0 Å². The highest BCUT2D eigenvalue weighted by molar-refractivity contribution is 7.54. The van der Waals surface area contributed by atoms with Crippen LogP contribution < -0.4 is 0 Å². The quantitative estimate of drug-likeness (QED) is 0.349. The third-order valence-corrected chi connectivity index (χ3v) is 4.22. The number of ether oxygens (including phenoxy) is 2. The van der Waals surface area contributed by atoms with Gasteiger partial charge in [-0.15, -0.1) is 11.6 Å². The summed E-state index contributed by atoms with van der Waals surface area (Å²) in [6.07, 6.45) is 0. The van der Waals surface area contributed by atoms with Crippen LogP contribution in [0.4, 0.5) is 0 Å². The molecule has 0 spiro atoms. The second-order valence-electron chi connectivity index (χ2n) is 3.66. The number of halogens is 1. The molecule has 0 aromatic carbocycles. The number of aliphatic carboxylic acids is 1. The van der Waals surface area contributed by atoms with E-state index in [0.717, 1.165) is 7.11 Å². The highest BCUT2D eigenvalue weighted by atomic mass is 35.5. The summed E-state index contributed by atoms with van der Waals surface area (Å²) in [5, 5.41) is 4.82. The molecular formula is C9H16ClO8P. The SMILES string of the molecule is CCOC(=O)C(OC)(C(C(=O)O)C(C)Cl)P(=O)(O)O. The topological polar surface area (TPSA) is 130 Å². The Bertz CT molecular complexity index is 392. The van der Waals surface area contributed by atoms with Crippen molar-refractivity contribution in [2.24, 2.45) is 5.92 Å². The average molecular weight is 319 g/mol. The zero-order valence-corrected chi connectivity index (χ0v) is 12.2. The van der Waals surface area contributed by atoms with E-state index in [1.54, 1.807) is 0 Å². The molecule has 3 N–H and O–H groups in total. The molecule has 19 heavy (non-hydrogen) atoms. The van der Waals surface area contributed by atoms with Crippen molar-refractivity contribution in [3.8, 4) is 0 Å². The molecule has 0 heterocycles. The molecule has 0 rings (SSSR count). The van der Waals surface area contributed by atoms with Crippen LogP contribution in [0.25, 0.3) is 0 Å². The number of carboxylic acid groups (broad SMARTS) is 1. The van der Waals surface area contributed by atoms with Crippen LogP contribution >= 0.6 is 19.2 Å². The van der Waals surface area contributed by atoms with E-state index in [4.69, 9.17) is 16.7 Å². The van der Waals surface area contributed by atoms with Crippen LogP contribution in [0.5, 0.6) is 0 Å². The number of carbonyl (C=O) groups is 2. The van der Waals surface area contributed by atoms with E-state index in [0.29, 0.717) is 0 Å². The molecule has 0 aliphatic heterocycles. The van der Waals surface area contributed by atoms with Gasteiger partial charge in [0.2, 0.25) is 0 Å². The zero-order valence-electron chi connectivity index (χ0n) is 10.6. The van der Waals surface area contributed by atoms with E-state index < -0.39 is 36.2 Å². The lowest BCUT2D eigenvalue weighted by Crippen LogP contribution is -2.54. The maximum atomic E-state index is 11.8. The number of esters is 1. The van der Waals surface area contributed by atoms with Crippen molar-refractivity contribution in [3.63, 3.8) is 0 Å². The third-order valence-electron chi connectivity index (χ3n) is 2.46. The van der Waals surface area contributed by atoms with E-state index >= 15 is 0 Å². The predicted octanol–water partition coefficient (Wildman–Crippen LogP) is 0.398. The summed E-state index contributed by atoms with van der Waals surface area (Å²) in [6, 6.07) is 0. The number of hydrogen-bond acceptors (Lipinski definition) is 5. The number of rotatable bonds is 7. The van der Waals surface area contributed by atoms with Gasteiger partial charge in [0.15, 0.2) is 0 Å². The first-order valence-electron chi connectivity index (χ1n) is 5.21. The first kappa shape index (κ1) is 18.3. The Kier molecular flexibility index (Phi) is 6.44. The molecular weight excluding hydrogens is 303 g/mol. The lowest BCUT2D eigenvalue weighted by molar-refractivity contribution is -0.173. The summed E-state index contributed by atoms with van der Waals surface area (Å²) in [6.45, 7) is 2.38. The number of hydrogen-bond donors (Lipinski definition) is 3. The lowest BCUT2D eigenvalue weighted by Gasteiger charge is -2.35.